The van der Waals surface area contributed by atoms with Gasteiger partial charge in [0.1, 0.15) is 5.78 Å². The summed E-state index contributed by atoms with van der Waals surface area (Å²) in [6, 6.07) is 0. The normalized spacial score (nSPS) is 12.8. The third-order valence-corrected chi connectivity index (χ3v) is 4.10. The molecule has 90 valence electrons. The minimum Gasteiger partial charge on any atom is -0.360 e. The summed E-state index contributed by atoms with van der Waals surface area (Å²) in [5.74, 6) is 0.744. The number of nitrogens with one attached hydrogen (secondary N) is 1. The summed E-state index contributed by atoms with van der Waals surface area (Å²) in [5, 5.41) is 12.0. The number of anilines is 1. The van der Waals surface area contributed by atoms with E-state index in [9.17, 15) is 4.79 Å². The number of aromatic nitrogens is 2. The van der Waals surface area contributed by atoms with Gasteiger partial charge in [-0.05, 0) is 19.8 Å². The van der Waals surface area contributed by atoms with Crippen molar-refractivity contribution in [2.75, 3.05) is 11.9 Å². The molecule has 0 radical (unpaired) electrons. The number of carbonyl (C=O) groups excluding carboxylic acids is 1. The van der Waals surface area contributed by atoms with Crippen molar-refractivity contribution in [1.82, 2.24) is 10.2 Å². The molecule has 0 aliphatic carbocycles. The molecule has 0 aromatic carbocycles. The van der Waals surface area contributed by atoms with Crippen LogP contribution in [0.25, 0.3) is 0 Å². The average molecular weight is 259 g/mol. The molecule has 1 heterocycles. The Labute approximate surface area is 104 Å². The van der Waals surface area contributed by atoms with Crippen molar-refractivity contribution in [2.24, 2.45) is 5.92 Å². The first-order valence-electron chi connectivity index (χ1n) is 5.23. The molecule has 4 nitrogen and oxygen atoms in total. The number of ketones is 1. The highest BCUT2D eigenvalue weighted by atomic mass is 32.2. The summed E-state index contributed by atoms with van der Waals surface area (Å²) in [4.78, 5) is 11.1. The van der Waals surface area contributed by atoms with Crippen molar-refractivity contribution in [2.45, 2.75) is 37.3 Å². The number of hydrogen-bond acceptors (Lipinski definition) is 6. The molecule has 1 rings (SSSR count). The van der Waals surface area contributed by atoms with Crippen LogP contribution in [0.15, 0.2) is 4.34 Å². The second-order valence-electron chi connectivity index (χ2n) is 4.02. The van der Waals surface area contributed by atoms with Gasteiger partial charge in [-0.15, -0.1) is 10.2 Å². The molecule has 6 heteroatoms. The van der Waals surface area contributed by atoms with Crippen molar-refractivity contribution in [1.29, 1.82) is 0 Å². The topological polar surface area (TPSA) is 54.9 Å². The lowest BCUT2D eigenvalue weighted by Crippen LogP contribution is -2.07. The van der Waals surface area contributed by atoms with Gasteiger partial charge in [-0.3, -0.25) is 4.79 Å². The van der Waals surface area contributed by atoms with E-state index in [1.807, 2.05) is 6.92 Å². The van der Waals surface area contributed by atoms with Gasteiger partial charge in [0, 0.05) is 6.54 Å². The van der Waals surface area contributed by atoms with Crippen molar-refractivity contribution >= 4 is 34.0 Å². The number of thioether (sulfide) groups is 1. The predicted molar refractivity (Wildman–Crippen MR) is 69.2 cm³/mol. The second-order valence-corrected chi connectivity index (χ2v) is 6.58. The van der Waals surface area contributed by atoms with E-state index in [2.05, 4.69) is 29.4 Å². The summed E-state index contributed by atoms with van der Waals surface area (Å²) < 4.78 is 0.842. The molecular weight excluding hydrogens is 242 g/mol. The molecule has 0 bridgehead atoms. The molecule has 1 atom stereocenters. The number of nitrogens with zero attached hydrogens (tertiary/aromatic N) is 2. The molecule has 1 aromatic heterocycles. The van der Waals surface area contributed by atoms with Crippen LogP contribution in [0.1, 0.15) is 27.7 Å². The fourth-order valence-corrected chi connectivity index (χ4v) is 2.76. The van der Waals surface area contributed by atoms with Crippen molar-refractivity contribution in [3.8, 4) is 0 Å². The second kappa shape index (κ2) is 6.20. The van der Waals surface area contributed by atoms with Crippen LogP contribution in [0.2, 0.25) is 0 Å². The van der Waals surface area contributed by atoms with E-state index in [4.69, 9.17) is 0 Å². The standard InChI is InChI=1S/C10H17N3OS2/c1-6(2)5-11-9-12-13-10(16-9)15-8(4)7(3)14/h6,8H,5H2,1-4H3,(H,11,12). The van der Waals surface area contributed by atoms with Crippen molar-refractivity contribution < 1.29 is 4.79 Å². The van der Waals surface area contributed by atoms with E-state index < -0.39 is 0 Å². The van der Waals surface area contributed by atoms with E-state index in [0.717, 1.165) is 16.0 Å². The quantitative estimate of drug-likeness (QED) is 0.796. The SMILES string of the molecule is CC(=O)C(C)Sc1nnc(NCC(C)C)s1. The molecule has 0 amide bonds. The highest BCUT2D eigenvalue weighted by Gasteiger charge is 2.13. The molecular formula is C10H17N3OS2. The van der Waals surface area contributed by atoms with E-state index >= 15 is 0 Å². The van der Waals surface area contributed by atoms with Crippen LogP contribution in [-0.4, -0.2) is 27.8 Å². The molecule has 0 aliphatic heterocycles. The molecule has 1 N–H and O–H groups in total. The zero-order valence-electron chi connectivity index (χ0n) is 9.98. The zero-order valence-corrected chi connectivity index (χ0v) is 11.6. The Morgan fingerprint density at radius 1 is 1.44 bits per heavy atom. The van der Waals surface area contributed by atoms with Crippen LogP contribution in [0, 0.1) is 5.92 Å². The van der Waals surface area contributed by atoms with Crippen LogP contribution >= 0.6 is 23.1 Å². The Kier molecular flexibility index (Phi) is 5.21. The summed E-state index contributed by atoms with van der Waals surface area (Å²) in [6.45, 7) is 8.65. The number of rotatable bonds is 6. The van der Waals surface area contributed by atoms with Gasteiger partial charge < -0.3 is 5.32 Å². The Morgan fingerprint density at radius 3 is 2.69 bits per heavy atom. The Hall–Kier alpha value is -0.620. The number of hydrogen-bond donors (Lipinski definition) is 1. The smallest absolute Gasteiger partial charge is 0.206 e. The Morgan fingerprint density at radius 2 is 2.12 bits per heavy atom. The van der Waals surface area contributed by atoms with Crippen molar-refractivity contribution in [3.63, 3.8) is 0 Å². The number of Topliss-reactive ketones (excluding diaryl/α,β-unsaturated/α-hetero) is 1. The monoisotopic (exact) mass is 259 g/mol. The molecule has 1 aromatic rings. The number of carbonyl (C=O) groups is 1. The molecule has 16 heavy (non-hydrogen) atoms. The fraction of sp³-hybridized carbons (Fsp3) is 0.700. The lowest BCUT2D eigenvalue weighted by Gasteiger charge is -2.04. The predicted octanol–water partition coefficient (Wildman–Crippen LogP) is 2.68. The largest absolute Gasteiger partial charge is 0.360 e. The third kappa shape index (κ3) is 4.49. The third-order valence-electron chi connectivity index (χ3n) is 1.92. The van der Waals surface area contributed by atoms with Gasteiger partial charge in [-0.1, -0.05) is 36.9 Å². The molecule has 0 aliphatic rings. The first-order chi connectivity index (χ1) is 7.49. The van der Waals surface area contributed by atoms with Gasteiger partial charge in [0.25, 0.3) is 0 Å². The van der Waals surface area contributed by atoms with Gasteiger partial charge in [0.05, 0.1) is 5.25 Å². The minimum absolute atomic E-state index is 0.0501. The highest BCUT2D eigenvalue weighted by Crippen LogP contribution is 2.29. The molecule has 0 fully saturated rings. The van der Waals surface area contributed by atoms with E-state index in [0.29, 0.717) is 5.92 Å². The summed E-state index contributed by atoms with van der Waals surface area (Å²) >= 11 is 2.96. The van der Waals surface area contributed by atoms with Gasteiger partial charge >= 0.3 is 0 Å². The molecule has 1 unspecified atom stereocenters. The van der Waals surface area contributed by atoms with Gasteiger partial charge in [0.2, 0.25) is 5.13 Å². The average Bonchev–Trinajstić information content (AvgIpc) is 2.62. The van der Waals surface area contributed by atoms with Crippen LogP contribution in [0.5, 0.6) is 0 Å². The van der Waals surface area contributed by atoms with Gasteiger partial charge in [-0.25, -0.2) is 0 Å². The van der Waals surface area contributed by atoms with Crippen LogP contribution in [0.4, 0.5) is 5.13 Å². The van der Waals surface area contributed by atoms with E-state index in [1.165, 1.54) is 23.1 Å². The first-order valence-corrected chi connectivity index (χ1v) is 6.93. The maximum Gasteiger partial charge on any atom is 0.206 e. The maximum atomic E-state index is 11.1. The molecule has 0 spiro atoms. The lowest BCUT2D eigenvalue weighted by atomic mass is 10.2. The summed E-state index contributed by atoms with van der Waals surface area (Å²) in [6.07, 6.45) is 0. The summed E-state index contributed by atoms with van der Waals surface area (Å²) in [7, 11) is 0. The van der Waals surface area contributed by atoms with E-state index in [1.54, 1.807) is 6.92 Å². The summed E-state index contributed by atoms with van der Waals surface area (Å²) in [5.41, 5.74) is 0. The van der Waals surface area contributed by atoms with Gasteiger partial charge in [-0.2, -0.15) is 0 Å². The van der Waals surface area contributed by atoms with Crippen LogP contribution in [0.3, 0.4) is 0 Å². The lowest BCUT2D eigenvalue weighted by molar-refractivity contribution is -0.116. The zero-order chi connectivity index (χ0) is 12.1. The Balaban J connectivity index is 2.48. The van der Waals surface area contributed by atoms with Crippen LogP contribution < -0.4 is 5.32 Å². The van der Waals surface area contributed by atoms with Crippen molar-refractivity contribution in [3.05, 3.63) is 0 Å². The maximum absolute atomic E-state index is 11.1. The van der Waals surface area contributed by atoms with E-state index in [-0.39, 0.29) is 11.0 Å². The first kappa shape index (κ1) is 13.4. The molecule has 0 saturated carbocycles. The Bertz CT molecular complexity index is 352. The van der Waals surface area contributed by atoms with Gasteiger partial charge in [0.15, 0.2) is 4.34 Å². The minimum atomic E-state index is -0.0501. The molecule has 0 saturated heterocycles. The van der Waals surface area contributed by atoms with Crippen LogP contribution in [-0.2, 0) is 4.79 Å². The highest BCUT2D eigenvalue weighted by molar-refractivity contribution is 8.02. The fourth-order valence-electron chi connectivity index (χ4n) is 0.854.